The average Bonchev–Trinajstić information content (AvgIpc) is 3.51. The van der Waals surface area contributed by atoms with Crippen molar-refractivity contribution in [1.82, 2.24) is 30.0 Å². The van der Waals surface area contributed by atoms with Crippen molar-refractivity contribution in [2.24, 2.45) is 0 Å². The van der Waals surface area contributed by atoms with Gasteiger partial charge in [-0.25, -0.2) is 14.4 Å². The molecule has 3 aromatic carbocycles. The topological polar surface area (TPSA) is 157 Å². The molecule has 5 rings (SSSR count). The van der Waals surface area contributed by atoms with Crippen LogP contribution < -0.4 is 19.5 Å². The maximum atomic E-state index is 16.1. The highest BCUT2D eigenvalue weighted by Gasteiger charge is 2.29. The summed E-state index contributed by atoms with van der Waals surface area (Å²) in [7, 11) is 1.44. The van der Waals surface area contributed by atoms with E-state index in [-0.39, 0.29) is 60.6 Å². The van der Waals surface area contributed by atoms with Gasteiger partial charge in [0.2, 0.25) is 0 Å². The van der Waals surface area contributed by atoms with E-state index in [0.717, 1.165) is 5.56 Å². The number of methoxy groups -OCH3 is 1. The molecule has 0 radical (unpaired) electrons. The number of amides is 1. The zero-order chi connectivity index (χ0) is 32.5. The third-order valence-electron chi connectivity index (χ3n) is 6.79. The van der Waals surface area contributed by atoms with Gasteiger partial charge in [-0.2, -0.15) is 4.98 Å². The Labute approximate surface area is 268 Å². The number of aromatic nitrogens is 5. The van der Waals surface area contributed by atoms with Gasteiger partial charge in [0.15, 0.2) is 23.5 Å². The largest absolute Gasteiger partial charge is 0.497 e. The van der Waals surface area contributed by atoms with Crippen LogP contribution in [0, 0.1) is 11.2 Å². The van der Waals surface area contributed by atoms with Gasteiger partial charge in [-0.3, -0.25) is 10.2 Å². The molecule has 12 nitrogen and oxygen atoms in total. The molecule has 0 aliphatic rings. The lowest BCUT2D eigenvalue weighted by atomic mass is 9.90. The first-order valence-corrected chi connectivity index (χ1v) is 14.5. The highest BCUT2D eigenvalue weighted by atomic mass is 35.5. The normalized spacial score (nSPS) is 11.5. The van der Waals surface area contributed by atoms with Gasteiger partial charge in [-0.1, -0.05) is 54.1 Å². The van der Waals surface area contributed by atoms with Crippen molar-refractivity contribution in [2.45, 2.75) is 12.3 Å². The van der Waals surface area contributed by atoms with Crippen molar-refractivity contribution in [2.75, 3.05) is 26.4 Å². The predicted octanol–water partition coefficient (Wildman–Crippen LogP) is 4.28. The lowest BCUT2D eigenvalue weighted by molar-refractivity contribution is 0.0977. The molecule has 1 amide bonds. The second kappa shape index (κ2) is 15.1. The van der Waals surface area contributed by atoms with Crippen LogP contribution in [0.15, 0.2) is 85.2 Å². The van der Waals surface area contributed by atoms with E-state index in [4.69, 9.17) is 31.2 Å². The molecule has 0 saturated carbocycles. The summed E-state index contributed by atoms with van der Waals surface area (Å²) in [6.07, 6.45) is 3.24. The van der Waals surface area contributed by atoms with Crippen molar-refractivity contribution < 1.29 is 28.5 Å². The van der Waals surface area contributed by atoms with E-state index in [1.807, 2.05) is 0 Å². The number of nitrogens with one attached hydrogen (secondary N) is 2. The molecule has 5 aromatic rings. The van der Waals surface area contributed by atoms with E-state index in [9.17, 15) is 9.90 Å². The minimum atomic E-state index is -0.822. The van der Waals surface area contributed by atoms with Crippen molar-refractivity contribution in [1.29, 1.82) is 5.41 Å². The number of carbonyl (C=O) groups excluding carboxylic acids is 1. The van der Waals surface area contributed by atoms with Gasteiger partial charge in [-0.15, -0.1) is 9.78 Å². The smallest absolute Gasteiger partial charge is 0.323 e. The molecule has 0 aliphatic heterocycles. The number of alkyl halides is 1. The van der Waals surface area contributed by atoms with Gasteiger partial charge < -0.3 is 24.6 Å². The zero-order valence-corrected chi connectivity index (χ0v) is 25.3. The number of aliphatic hydroxyl groups is 1. The molecule has 3 N–H and O–H groups in total. The van der Waals surface area contributed by atoms with Crippen LogP contribution in [-0.4, -0.2) is 68.0 Å². The fourth-order valence-electron chi connectivity index (χ4n) is 4.59. The first kappa shape index (κ1) is 32.0. The van der Waals surface area contributed by atoms with E-state index >= 15 is 4.39 Å². The van der Waals surface area contributed by atoms with Gasteiger partial charge in [0.1, 0.15) is 18.2 Å². The second-order valence-electron chi connectivity index (χ2n) is 9.72. The van der Waals surface area contributed by atoms with Crippen molar-refractivity contribution in [3.05, 3.63) is 119 Å². The summed E-state index contributed by atoms with van der Waals surface area (Å²) in [6.45, 7) is -0.445. The van der Waals surface area contributed by atoms with Crippen molar-refractivity contribution in [3.63, 3.8) is 0 Å². The quantitative estimate of drug-likeness (QED) is 0.0966. The van der Waals surface area contributed by atoms with Gasteiger partial charge in [0.25, 0.3) is 11.9 Å². The molecule has 2 heterocycles. The number of hydrogen-bond acceptors (Lipinski definition) is 10. The molecular formula is C32H29ClFN7O5. The summed E-state index contributed by atoms with van der Waals surface area (Å²) in [6, 6.07) is 19.8. The van der Waals surface area contributed by atoms with Crippen LogP contribution in [0.25, 0.3) is 5.95 Å². The highest BCUT2D eigenvalue weighted by molar-refractivity contribution is 6.17. The molecule has 0 fully saturated rings. The SMILES string of the molecule is COc1cc(OCCO)c(F)c(C(Cc2ccc(C(=N)NC(=O)c3ccccc3)cc2)c2nc(OCCl)n(-c3ncccn3)n2)c1. The van der Waals surface area contributed by atoms with E-state index < -0.39 is 17.6 Å². The van der Waals surface area contributed by atoms with Crippen LogP contribution in [0.3, 0.4) is 0 Å². The Kier molecular flexibility index (Phi) is 10.5. The van der Waals surface area contributed by atoms with Gasteiger partial charge in [0, 0.05) is 35.2 Å². The number of halogens is 2. The van der Waals surface area contributed by atoms with Crippen LogP contribution in [0.5, 0.6) is 17.5 Å². The summed E-state index contributed by atoms with van der Waals surface area (Å²) in [4.78, 5) is 25.5. The predicted molar refractivity (Wildman–Crippen MR) is 167 cm³/mol. The molecule has 46 heavy (non-hydrogen) atoms. The number of nitrogens with zero attached hydrogens (tertiary/aromatic N) is 5. The highest BCUT2D eigenvalue weighted by Crippen LogP contribution is 2.37. The molecule has 0 spiro atoms. The lowest BCUT2D eigenvalue weighted by Gasteiger charge is -2.19. The number of aliphatic hydroxyl groups excluding tert-OH is 1. The molecule has 0 aliphatic carbocycles. The number of rotatable bonds is 13. The van der Waals surface area contributed by atoms with Gasteiger partial charge in [-0.05, 0) is 36.2 Å². The third kappa shape index (κ3) is 7.45. The van der Waals surface area contributed by atoms with Crippen molar-refractivity contribution in [3.8, 4) is 23.5 Å². The first-order valence-electron chi connectivity index (χ1n) is 14.0. The molecule has 0 saturated heterocycles. The van der Waals surface area contributed by atoms with Crippen molar-refractivity contribution >= 4 is 23.3 Å². The summed E-state index contributed by atoms with van der Waals surface area (Å²) >= 11 is 5.87. The van der Waals surface area contributed by atoms with E-state index in [1.54, 1.807) is 60.7 Å². The summed E-state index contributed by atoms with van der Waals surface area (Å²) in [5.74, 6) is -1.46. The van der Waals surface area contributed by atoms with Crippen LogP contribution >= 0.6 is 11.6 Å². The molecule has 2 aromatic heterocycles. The van der Waals surface area contributed by atoms with Gasteiger partial charge in [0.05, 0.1) is 19.6 Å². The second-order valence-corrected chi connectivity index (χ2v) is 9.93. The molecule has 0 bridgehead atoms. The number of hydrogen-bond donors (Lipinski definition) is 3. The Hall–Kier alpha value is -5.40. The maximum absolute atomic E-state index is 16.1. The summed E-state index contributed by atoms with van der Waals surface area (Å²) < 4.78 is 33.8. The summed E-state index contributed by atoms with van der Waals surface area (Å²) in [5, 5.41) is 24.9. The van der Waals surface area contributed by atoms with Crippen LogP contribution in [-0.2, 0) is 6.42 Å². The molecule has 14 heteroatoms. The third-order valence-corrected chi connectivity index (χ3v) is 6.90. The fraction of sp³-hybridized carbons (Fsp3) is 0.188. The van der Waals surface area contributed by atoms with Crippen LogP contribution in [0.1, 0.15) is 38.8 Å². The van der Waals surface area contributed by atoms with E-state index in [1.165, 1.54) is 36.3 Å². The minimum absolute atomic E-state index is 0.000730. The van der Waals surface area contributed by atoms with Crippen LogP contribution in [0.4, 0.5) is 4.39 Å². The van der Waals surface area contributed by atoms with Gasteiger partial charge >= 0.3 is 6.01 Å². The monoisotopic (exact) mass is 645 g/mol. The fourth-order valence-corrected chi connectivity index (χ4v) is 4.69. The molecular weight excluding hydrogens is 617 g/mol. The van der Waals surface area contributed by atoms with E-state index in [0.29, 0.717) is 16.9 Å². The number of amidine groups is 1. The Bertz CT molecular complexity index is 1790. The minimum Gasteiger partial charge on any atom is -0.497 e. The first-order chi connectivity index (χ1) is 22.4. The Morgan fingerprint density at radius 1 is 1.04 bits per heavy atom. The maximum Gasteiger partial charge on any atom is 0.323 e. The zero-order valence-electron chi connectivity index (χ0n) is 24.6. The number of ether oxygens (including phenoxy) is 3. The Morgan fingerprint density at radius 3 is 2.46 bits per heavy atom. The molecule has 236 valence electrons. The van der Waals surface area contributed by atoms with Crippen LogP contribution in [0.2, 0.25) is 0 Å². The standard InChI is InChI=1S/C32H29ClFN7O5/c1-44-23-17-24(27(34)26(18-23)45-15-14-42)25(29-39-32(46-19-33)41(40-29)31-36-12-5-13-37-31)16-20-8-10-21(11-9-20)28(35)38-30(43)22-6-3-2-4-7-22/h2-13,17-18,25,42H,14-16,19H2,1H3,(H2,35,38,43). The lowest BCUT2D eigenvalue weighted by Crippen LogP contribution is -2.30. The Balaban J connectivity index is 1.51. The average molecular weight is 646 g/mol. The van der Waals surface area contributed by atoms with E-state index in [2.05, 4.69) is 25.4 Å². The number of carbonyl (C=O) groups is 1. The summed E-state index contributed by atoms with van der Waals surface area (Å²) in [5.41, 5.74) is 1.80. The number of benzene rings is 3. The molecule has 1 unspecified atom stereocenters. The Morgan fingerprint density at radius 2 is 1.78 bits per heavy atom. The molecule has 1 atom stereocenters.